The number of ether oxygens (including phenoxy) is 1. The Bertz CT molecular complexity index is 266. The van der Waals surface area contributed by atoms with Gasteiger partial charge < -0.3 is 4.74 Å². The van der Waals surface area contributed by atoms with Crippen LogP contribution >= 0.6 is 0 Å². The number of hydrogen-bond acceptors (Lipinski definition) is 2. The normalized spacial score (nSPS) is 15.4. The number of rotatable bonds is 7. The second-order valence-corrected chi connectivity index (χ2v) is 4.45. The van der Waals surface area contributed by atoms with Crippen molar-refractivity contribution in [1.29, 1.82) is 0 Å². The Morgan fingerprint density at radius 2 is 2.06 bits per heavy atom. The minimum Gasteiger partial charge on any atom is -0.455 e. The lowest BCUT2D eigenvalue weighted by Gasteiger charge is -2.24. The van der Waals surface area contributed by atoms with Crippen molar-refractivity contribution in [1.82, 2.24) is 0 Å². The molecule has 0 aromatic carbocycles. The van der Waals surface area contributed by atoms with Crippen molar-refractivity contribution in [2.45, 2.75) is 59.0 Å². The van der Waals surface area contributed by atoms with Crippen LogP contribution < -0.4 is 0 Å². The number of carbonyl (C=O) groups excluding carboxylic acids is 1. The summed E-state index contributed by atoms with van der Waals surface area (Å²) >= 11 is 0. The molecule has 0 rings (SSSR count). The molecular weight excluding hydrogens is 200 g/mol. The van der Waals surface area contributed by atoms with E-state index in [4.69, 9.17) is 4.74 Å². The van der Waals surface area contributed by atoms with Crippen LogP contribution in [0.25, 0.3) is 0 Å². The minimum absolute atomic E-state index is 0.253. The highest BCUT2D eigenvalue weighted by Gasteiger charge is 2.22. The molecule has 0 aliphatic carbocycles. The molecular formula is C14H24O2. The van der Waals surface area contributed by atoms with Crippen molar-refractivity contribution in [2.75, 3.05) is 0 Å². The maximum Gasteiger partial charge on any atom is 0.303 e. The molecule has 0 saturated carbocycles. The maximum atomic E-state index is 10.9. The Labute approximate surface area is 99.4 Å². The van der Waals surface area contributed by atoms with Crippen LogP contribution in [0.3, 0.4) is 0 Å². The van der Waals surface area contributed by atoms with E-state index in [-0.39, 0.29) is 5.97 Å². The van der Waals surface area contributed by atoms with Gasteiger partial charge in [0.15, 0.2) is 0 Å². The van der Waals surface area contributed by atoms with Gasteiger partial charge in [-0.1, -0.05) is 31.6 Å². The second-order valence-electron chi connectivity index (χ2n) is 4.45. The lowest BCUT2D eigenvalue weighted by molar-refractivity contribution is -0.151. The molecule has 0 aliphatic heterocycles. The fourth-order valence-electron chi connectivity index (χ4n) is 1.62. The van der Waals surface area contributed by atoms with E-state index in [0.29, 0.717) is 0 Å². The van der Waals surface area contributed by atoms with Crippen LogP contribution in [0.4, 0.5) is 0 Å². The molecule has 0 fully saturated rings. The summed E-state index contributed by atoms with van der Waals surface area (Å²) in [4.78, 5) is 10.9. The molecule has 16 heavy (non-hydrogen) atoms. The molecule has 92 valence electrons. The van der Waals surface area contributed by atoms with Gasteiger partial charge in [-0.15, -0.1) is 0 Å². The van der Waals surface area contributed by atoms with Crippen molar-refractivity contribution < 1.29 is 9.53 Å². The van der Waals surface area contributed by atoms with Crippen molar-refractivity contribution in [3.8, 4) is 0 Å². The first-order valence-corrected chi connectivity index (χ1v) is 5.92. The Morgan fingerprint density at radius 3 is 2.50 bits per heavy atom. The minimum atomic E-state index is -0.533. The van der Waals surface area contributed by atoms with Gasteiger partial charge in [0.2, 0.25) is 0 Å². The van der Waals surface area contributed by atoms with Crippen LogP contribution in [0.5, 0.6) is 0 Å². The third-order valence-electron chi connectivity index (χ3n) is 2.59. The van der Waals surface area contributed by atoms with E-state index in [9.17, 15) is 4.79 Å². The van der Waals surface area contributed by atoms with Crippen LogP contribution in [-0.2, 0) is 9.53 Å². The van der Waals surface area contributed by atoms with Crippen molar-refractivity contribution in [3.05, 3.63) is 24.3 Å². The molecule has 0 aromatic heterocycles. The maximum absolute atomic E-state index is 10.9. The van der Waals surface area contributed by atoms with Crippen LogP contribution in [0.2, 0.25) is 0 Å². The van der Waals surface area contributed by atoms with Crippen LogP contribution in [0.15, 0.2) is 24.3 Å². The van der Waals surface area contributed by atoms with Crippen molar-refractivity contribution >= 4 is 5.97 Å². The van der Waals surface area contributed by atoms with Gasteiger partial charge in [0.25, 0.3) is 0 Å². The molecule has 0 amide bonds. The molecule has 0 radical (unpaired) electrons. The van der Waals surface area contributed by atoms with E-state index in [1.54, 1.807) is 6.08 Å². The van der Waals surface area contributed by atoms with Crippen LogP contribution in [0, 0.1) is 0 Å². The highest BCUT2D eigenvalue weighted by atomic mass is 16.6. The summed E-state index contributed by atoms with van der Waals surface area (Å²) < 4.78 is 5.24. The largest absolute Gasteiger partial charge is 0.455 e. The van der Waals surface area contributed by atoms with Gasteiger partial charge >= 0.3 is 5.97 Å². The number of carbonyl (C=O) groups is 1. The first-order valence-electron chi connectivity index (χ1n) is 5.92. The zero-order chi connectivity index (χ0) is 12.6. The van der Waals surface area contributed by atoms with E-state index >= 15 is 0 Å². The highest BCUT2D eigenvalue weighted by Crippen LogP contribution is 2.20. The average Bonchev–Trinajstić information content (AvgIpc) is 2.17. The Hall–Kier alpha value is -1.05. The smallest absolute Gasteiger partial charge is 0.303 e. The summed E-state index contributed by atoms with van der Waals surface area (Å²) in [7, 11) is 0. The predicted molar refractivity (Wildman–Crippen MR) is 68.3 cm³/mol. The van der Waals surface area contributed by atoms with E-state index in [0.717, 1.165) is 19.3 Å². The van der Waals surface area contributed by atoms with Gasteiger partial charge in [0.1, 0.15) is 5.60 Å². The van der Waals surface area contributed by atoms with Gasteiger partial charge in [-0.25, -0.2) is 0 Å². The molecule has 0 bridgehead atoms. The third-order valence-corrected chi connectivity index (χ3v) is 2.59. The molecule has 1 unspecified atom stereocenters. The molecule has 0 aliphatic rings. The summed E-state index contributed by atoms with van der Waals surface area (Å²) in [6.45, 7) is 11.4. The van der Waals surface area contributed by atoms with Gasteiger partial charge in [0, 0.05) is 6.92 Å². The molecule has 0 heterocycles. The summed E-state index contributed by atoms with van der Waals surface area (Å²) in [5.74, 6) is -0.253. The van der Waals surface area contributed by atoms with E-state index in [1.807, 2.05) is 6.92 Å². The first kappa shape index (κ1) is 14.9. The van der Waals surface area contributed by atoms with Crippen molar-refractivity contribution in [2.24, 2.45) is 0 Å². The lowest BCUT2D eigenvalue weighted by Crippen LogP contribution is -2.27. The van der Waals surface area contributed by atoms with E-state index in [1.165, 1.54) is 18.9 Å². The van der Waals surface area contributed by atoms with E-state index < -0.39 is 5.60 Å². The molecule has 0 aromatic rings. The predicted octanol–water partition coefficient (Wildman–Crippen LogP) is 4.02. The van der Waals surface area contributed by atoms with Gasteiger partial charge in [-0.2, -0.15) is 0 Å². The van der Waals surface area contributed by atoms with E-state index in [2.05, 4.69) is 26.5 Å². The number of hydrogen-bond donors (Lipinski definition) is 0. The summed E-state index contributed by atoms with van der Waals surface area (Å²) in [5, 5.41) is 0. The molecule has 1 atom stereocenters. The molecule has 0 N–H and O–H groups in total. The Balaban J connectivity index is 4.19. The number of esters is 1. The van der Waals surface area contributed by atoms with Gasteiger partial charge in [0.05, 0.1) is 0 Å². The summed E-state index contributed by atoms with van der Waals surface area (Å²) in [6.07, 6.45) is 7.94. The molecule has 2 nitrogen and oxygen atoms in total. The SMILES string of the molecule is C=CC(C)(CC/C=C(\C)CCC)OC(C)=O. The van der Waals surface area contributed by atoms with Crippen molar-refractivity contribution in [3.63, 3.8) is 0 Å². The highest BCUT2D eigenvalue weighted by molar-refractivity contribution is 5.66. The fraction of sp³-hybridized carbons (Fsp3) is 0.643. The molecule has 0 spiro atoms. The zero-order valence-electron chi connectivity index (χ0n) is 11.0. The second kappa shape index (κ2) is 7.26. The van der Waals surface area contributed by atoms with Gasteiger partial charge in [-0.05, 0) is 39.2 Å². The fourth-order valence-corrected chi connectivity index (χ4v) is 1.62. The zero-order valence-corrected chi connectivity index (χ0v) is 11.0. The quantitative estimate of drug-likeness (QED) is 0.482. The monoisotopic (exact) mass is 224 g/mol. The topological polar surface area (TPSA) is 26.3 Å². The summed E-state index contributed by atoms with van der Waals surface area (Å²) in [5.41, 5.74) is 0.867. The average molecular weight is 224 g/mol. The summed E-state index contributed by atoms with van der Waals surface area (Å²) in [6, 6.07) is 0. The third kappa shape index (κ3) is 6.44. The standard InChI is InChI=1S/C14H24O2/c1-6-9-12(3)10-8-11-14(5,7-2)16-13(4)15/h7,10H,2,6,8-9,11H2,1,3-5H3/b12-10+. The van der Waals surface area contributed by atoms with Crippen LogP contribution in [-0.4, -0.2) is 11.6 Å². The Morgan fingerprint density at radius 1 is 1.44 bits per heavy atom. The molecule has 0 saturated heterocycles. The van der Waals surface area contributed by atoms with Gasteiger partial charge in [-0.3, -0.25) is 4.79 Å². The van der Waals surface area contributed by atoms with Crippen LogP contribution in [0.1, 0.15) is 53.4 Å². The first-order chi connectivity index (χ1) is 7.43. The molecule has 2 heteroatoms. The number of allylic oxidation sites excluding steroid dienone is 2. The Kier molecular flexibility index (Phi) is 6.78. The lowest BCUT2D eigenvalue weighted by atomic mass is 9.98.